The lowest BCUT2D eigenvalue weighted by Crippen LogP contribution is -2.48. The molecule has 6 nitrogen and oxygen atoms in total. The number of imidazole rings is 1. The molecule has 0 aliphatic rings. The maximum absolute atomic E-state index is 13.4. The Kier molecular flexibility index (Phi) is 5.91. The van der Waals surface area contributed by atoms with Gasteiger partial charge in [0, 0.05) is 26.5 Å². The highest BCUT2D eigenvalue weighted by molar-refractivity contribution is 5.77. The van der Waals surface area contributed by atoms with E-state index in [9.17, 15) is 23.1 Å². The van der Waals surface area contributed by atoms with Crippen LogP contribution in [0.3, 0.4) is 0 Å². The summed E-state index contributed by atoms with van der Waals surface area (Å²) in [6, 6.07) is 8.83. The van der Waals surface area contributed by atoms with Crippen LogP contribution in [0.5, 0.6) is 5.75 Å². The Labute approximate surface area is 148 Å². The molecule has 0 spiro atoms. The fourth-order valence-corrected chi connectivity index (χ4v) is 2.37. The van der Waals surface area contributed by atoms with Gasteiger partial charge < -0.3 is 19.3 Å². The van der Waals surface area contributed by atoms with E-state index in [0.717, 1.165) is 15.7 Å². The number of carbonyl (C=O) groups excluding carboxylic acids is 1. The van der Waals surface area contributed by atoms with Gasteiger partial charge in [0.1, 0.15) is 12.4 Å². The number of carbonyl (C=O) groups is 1. The predicted octanol–water partition coefficient (Wildman–Crippen LogP) is 2.10. The second-order valence-electron chi connectivity index (χ2n) is 5.87. The van der Waals surface area contributed by atoms with E-state index in [1.165, 1.54) is 20.3 Å². The van der Waals surface area contributed by atoms with Crippen molar-refractivity contribution in [2.24, 2.45) is 7.05 Å². The Morgan fingerprint density at radius 2 is 1.96 bits per heavy atom. The van der Waals surface area contributed by atoms with E-state index in [1.807, 2.05) is 6.07 Å². The van der Waals surface area contributed by atoms with Crippen LogP contribution in [-0.2, 0) is 17.4 Å². The van der Waals surface area contributed by atoms with Gasteiger partial charge in [0.05, 0.1) is 13.0 Å². The number of aliphatic hydroxyl groups is 1. The lowest BCUT2D eigenvalue weighted by atomic mass is 9.97. The molecule has 0 saturated heterocycles. The maximum atomic E-state index is 13.4. The van der Waals surface area contributed by atoms with Gasteiger partial charge in [-0.25, -0.2) is 4.98 Å². The molecule has 1 aromatic heterocycles. The first-order valence-corrected chi connectivity index (χ1v) is 7.84. The minimum absolute atomic E-state index is 0.0717. The Morgan fingerprint density at radius 1 is 1.31 bits per heavy atom. The molecule has 2 aromatic rings. The number of benzene rings is 1. The Bertz CT molecular complexity index is 734. The van der Waals surface area contributed by atoms with Gasteiger partial charge in [-0.05, 0) is 12.1 Å². The third-order valence-corrected chi connectivity index (χ3v) is 3.93. The number of hydrogen-bond donors (Lipinski definition) is 1. The number of aryl methyl sites for hydroxylation is 1. The number of hydrogen-bond acceptors (Lipinski definition) is 4. The van der Waals surface area contributed by atoms with Crippen LogP contribution in [-0.4, -0.2) is 51.8 Å². The number of ether oxygens (including phenoxy) is 1. The van der Waals surface area contributed by atoms with Crippen LogP contribution in [0, 0.1) is 0 Å². The smallest absolute Gasteiger partial charge is 0.425 e. The van der Waals surface area contributed by atoms with E-state index < -0.39 is 29.9 Å². The van der Waals surface area contributed by atoms with Crippen molar-refractivity contribution in [2.45, 2.75) is 18.2 Å². The van der Waals surface area contributed by atoms with Crippen LogP contribution in [0.15, 0.2) is 42.7 Å². The predicted molar refractivity (Wildman–Crippen MR) is 87.4 cm³/mol. The first-order chi connectivity index (χ1) is 12.1. The van der Waals surface area contributed by atoms with Crippen molar-refractivity contribution < 1.29 is 27.8 Å². The average molecular weight is 371 g/mol. The molecule has 0 bridgehead atoms. The molecule has 1 amide bonds. The second-order valence-corrected chi connectivity index (χ2v) is 5.87. The molecule has 26 heavy (non-hydrogen) atoms. The van der Waals surface area contributed by atoms with E-state index in [2.05, 4.69) is 4.98 Å². The molecule has 9 heteroatoms. The Balaban J connectivity index is 2.01. The molecule has 1 N–H and O–H groups in total. The molecule has 0 aliphatic carbocycles. The van der Waals surface area contributed by atoms with E-state index in [-0.39, 0.29) is 13.2 Å². The number of alkyl halides is 3. The lowest BCUT2D eigenvalue weighted by molar-refractivity contribution is -0.271. The summed E-state index contributed by atoms with van der Waals surface area (Å²) in [5, 5.41) is 10.2. The third kappa shape index (κ3) is 4.34. The van der Waals surface area contributed by atoms with Crippen LogP contribution in [0.4, 0.5) is 13.2 Å². The zero-order valence-corrected chi connectivity index (χ0v) is 14.4. The lowest BCUT2D eigenvalue weighted by Gasteiger charge is -2.31. The average Bonchev–Trinajstić information content (AvgIpc) is 3.01. The topological polar surface area (TPSA) is 67.6 Å². The monoisotopic (exact) mass is 371 g/mol. The maximum Gasteiger partial charge on any atom is 0.425 e. The van der Waals surface area contributed by atoms with Crippen LogP contribution in [0.2, 0.25) is 0 Å². The van der Waals surface area contributed by atoms with Crippen molar-refractivity contribution >= 4 is 5.91 Å². The number of nitrogens with zero attached hydrogens (tertiary/aromatic N) is 3. The van der Waals surface area contributed by atoms with E-state index >= 15 is 0 Å². The number of rotatable bonds is 7. The highest BCUT2D eigenvalue weighted by Gasteiger charge is 2.58. The molecule has 0 aliphatic heterocycles. The summed E-state index contributed by atoms with van der Waals surface area (Å²) in [4.78, 5) is 16.9. The van der Waals surface area contributed by atoms with E-state index in [0.29, 0.717) is 5.75 Å². The molecule has 0 saturated carbocycles. The number of para-hydroxylation sites is 1. The summed E-state index contributed by atoms with van der Waals surface area (Å²) in [6.45, 7) is 0.182. The van der Waals surface area contributed by atoms with Gasteiger partial charge in [-0.2, -0.15) is 13.2 Å². The summed E-state index contributed by atoms with van der Waals surface area (Å²) < 4.78 is 46.8. The zero-order valence-electron chi connectivity index (χ0n) is 14.4. The van der Waals surface area contributed by atoms with Crippen molar-refractivity contribution in [2.75, 3.05) is 20.2 Å². The summed E-state index contributed by atoms with van der Waals surface area (Å²) in [7, 11) is 2.67. The number of likely N-dealkylation sites (N-methyl/N-ethyl adjacent to an activating group) is 1. The molecule has 2 rings (SSSR count). The minimum atomic E-state index is -5.05. The van der Waals surface area contributed by atoms with Gasteiger partial charge >= 0.3 is 6.18 Å². The molecule has 1 atom stereocenters. The van der Waals surface area contributed by atoms with Crippen LogP contribution >= 0.6 is 0 Å². The number of aromatic nitrogens is 2. The van der Waals surface area contributed by atoms with E-state index in [4.69, 9.17) is 4.74 Å². The molecule has 1 unspecified atom stereocenters. The molecule has 1 heterocycles. The molecular formula is C17H20F3N3O3. The van der Waals surface area contributed by atoms with Crippen LogP contribution < -0.4 is 4.74 Å². The van der Waals surface area contributed by atoms with Gasteiger partial charge in [0.15, 0.2) is 5.82 Å². The molecule has 1 aromatic carbocycles. The third-order valence-electron chi connectivity index (χ3n) is 3.93. The quantitative estimate of drug-likeness (QED) is 0.809. The zero-order chi connectivity index (χ0) is 19.4. The first-order valence-electron chi connectivity index (χ1n) is 7.84. The second kappa shape index (κ2) is 7.77. The standard InChI is InChI=1S/C17H20F3N3O3/c1-22(10-11-26-13-6-4-3-5-7-13)14(24)12-16(25,17(18,19)20)15-21-8-9-23(15)2/h3-9,25H,10-12H2,1-2H3. The number of halogens is 3. The van der Waals surface area contributed by atoms with Crippen LogP contribution in [0.25, 0.3) is 0 Å². The summed E-state index contributed by atoms with van der Waals surface area (Å²) >= 11 is 0. The minimum Gasteiger partial charge on any atom is -0.492 e. The van der Waals surface area contributed by atoms with Gasteiger partial charge in [-0.15, -0.1) is 0 Å². The highest BCUT2D eigenvalue weighted by atomic mass is 19.4. The first kappa shape index (κ1) is 19.8. The molecule has 0 fully saturated rings. The normalized spacial score (nSPS) is 13.9. The van der Waals surface area contributed by atoms with Gasteiger partial charge in [-0.1, -0.05) is 18.2 Å². The van der Waals surface area contributed by atoms with Crippen molar-refractivity contribution in [1.29, 1.82) is 0 Å². The fourth-order valence-electron chi connectivity index (χ4n) is 2.37. The Hall–Kier alpha value is -2.55. The molecular weight excluding hydrogens is 351 g/mol. The SMILES string of the molecule is CN(CCOc1ccccc1)C(=O)CC(O)(c1nccn1C)C(F)(F)F. The van der Waals surface area contributed by atoms with Gasteiger partial charge in [0.2, 0.25) is 11.5 Å². The summed E-state index contributed by atoms with van der Waals surface area (Å²) in [5.74, 6) is -0.912. The van der Waals surface area contributed by atoms with Gasteiger partial charge in [0.25, 0.3) is 0 Å². The highest BCUT2D eigenvalue weighted by Crippen LogP contribution is 2.41. The molecule has 0 radical (unpaired) electrons. The van der Waals surface area contributed by atoms with Crippen molar-refractivity contribution in [3.8, 4) is 5.75 Å². The number of amides is 1. The summed E-state index contributed by atoms with van der Waals surface area (Å²) in [5.41, 5.74) is -3.36. The van der Waals surface area contributed by atoms with Crippen molar-refractivity contribution in [3.05, 3.63) is 48.5 Å². The Morgan fingerprint density at radius 3 is 2.50 bits per heavy atom. The van der Waals surface area contributed by atoms with E-state index in [1.54, 1.807) is 24.3 Å². The van der Waals surface area contributed by atoms with Crippen LogP contribution in [0.1, 0.15) is 12.2 Å². The fraction of sp³-hybridized carbons (Fsp3) is 0.412. The van der Waals surface area contributed by atoms with Crippen molar-refractivity contribution in [3.63, 3.8) is 0 Å². The van der Waals surface area contributed by atoms with Crippen molar-refractivity contribution in [1.82, 2.24) is 14.5 Å². The largest absolute Gasteiger partial charge is 0.492 e. The molecule has 142 valence electrons. The summed E-state index contributed by atoms with van der Waals surface area (Å²) in [6.07, 6.45) is -3.81. The van der Waals surface area contributed by atoms with Gasteiger partial charge in [-0.3, -0.25) is 4.79 Å².